The van der Waals surface area contributed by atoms with Crippen LogP contribution >= 0.6 is 11.6 Å². The summed E-state index contributed by atoms with van der Waals surface area (Å²) in [7, 11) is 0. The van der Waals surface area contributed by atoms with Gasteiger partial charge in [-0.15, -0.1) is 0 Å². The third-order valence-electron chi connectivity index (χ3n) is 5.03. The van der Waals surface area contributed by atoms with Crippen LogP contribution in [0, 0.1) is 6.08 Å². The van der Waals surface area contributed by atoms with Gasteiger partial charge in [-0.25, -0.2) is 4.98 Å². The number of nitrogens with zero attached hydrogens (tertiary/aromatic N) is 4. The van der Waals surface area contributed by atoms with Crippen molar-refractivity contribution in [3.8, 4) is 0 Å². The fraction of sp³-hybridized carbons (Fsp3) is 0.263. The van der Waals surface area contributed by atoms with Crippen molar-refractivity contribution >= 4 is 39.4 Å². The van der Waals surface area contributed by atoms with Crippen LogP contribution in [0.25, 0.3) is 21.9 Å². The highest BCUT2D eigenvalue weighted by molar-refractivity contribution is 6.35. The number of rotatable bonds is 4. The second kappa shape index (κ2) is 6.27. The molecule has 1 unspecified atom stereocenters. The highest BCUT2D eigenvalue weighted by atomic mass is 35.5. The normalized spacial score (nSPS) is 15.2. The van der Waals surface area contributed by atoms with Crippen LogP contribution < -0.4 is 10.9 Å². The maximum Gasteiger partial charge on any atom is 0.312 e. The van der Waals surface area contributed by atoms with Gasteiger partial charge in [0.15, 0.2) is 11.5 Å². The SMILES string of the molecule is CC(Nc1nc(F)nc2nc[nH]c12)c1cc2cccc(Cl)c2c(=O)n1C1CC1. The van der Waals surface area contributed by atoms with Crippen molar-refractivity contribution in [1.82, 2.24) is 24.5 Å². The Morgan fingerprint density at radius 1 is 1.36 bits per heavy atom. The summed E-state index contributed by atoms with van der Waals surface area (Å²) in [6, 6.07) is 7.22. The quantitative estimate of drug-likeness (QED) is 0.508. The van der Waals surface area contributed by atoms with Crippen molar-refractivity contribution < 1.29 is 4.39 Å². The summed E-state index contributed by atoms with van der Waals surface area (Å²) in [5.41, 5.74) is 1.45. The molecular formula is C19H16ClFN6O. The number of benzene rings is 1. The summed E-state index contributed by atoms with van der Waals surface area (Å²) >= 11 is 6.29. The number of hydrogen-bond donors (Lipinski definition) is 2. The molecule has 2 N–H and O–H groups in total. The predicted molar refractivity (Wildman–Crippen MR) is 105 cm³/mol. The first kappa shape index (κ1) is 17.1. The molecule has 142 valence electrons. The Morgan fingerprint density at radius 2 is 2.18 bits per heavy atom. The lowest BCUT2D eigenvalue weighted by Crippen LogP contribution is -2.26. The maximum atomic E-state index is 13.8. The van der Waals surface area contributed by atoms with Crippen LogP contribution in [0.4, 0.5) is 10.2 Å². The number of aromatic nitrogens is 5. The van der Waals surface area contributed by atoms with Crippen molar-refractivity contribution in [2.75, 3.05) is 5.32 Å². The van der Waals surface area contributed by atoms with Gasteiger partial charge in [0.2, 0.25) is 0 Å². The lowest BCUT2D eigenvalue weighted by molar-refractivity contribution is 0.543. The van der Waals surface area contributed by atoms with Gasteiger partial charge in [0.1, 0.15) is 5.52 Å². The molecule has 0 spiro atoms. The molecule has 0 amide bonds. The van der Waals surface area contributed by atoms with Crippen molar-refractivity contribution in [1.29, 1.82) is 0 Å². The fourth-order valence-corrected chi connectivity index (χ4v) is 3.85. The van der Waals surface area contributed by atoms with Crippen LogP contribution in [-0.2, 0) is 0 Å². The van der Waals surface area contributed by atoms with E-state index in [4.69, 9.17) is 11.6 Å². The molecule has 1 saturated carbocycles. The molecule has 0 aliphatic heterocycles. The van der Waals surface area contributed by atoms with E-state index in [0.717, 1.165) is 23.9 Å². The summed E-state index contributed by atoms with van der Waals surface area (Å²) in [5, 5.41) is 4.95. The number of aromatic amines is 1. The molecule has 0 saturated heterocycles. The minimum absolute atomic E-state index is 0.102. The van der Waals surface area contributed by atoms with Gasteiger partial charge in [-0.2, -0.15) is 14.4 Å². The molecule has 3 aromatic heterocycles. The van der Waals surface area contributed by atoms with Crippen molar-refractivity contribution in [2.24, 2.45) is 0 Å². The fourth-order valence-electron chi connectivity index (χ4n) is 3.59. The highest BCUT2D eigenvalue weighted by Crippen LogP contribution is 2.37. The van der Waals surface area contributed by atoms with Gasteiger partial charge in [-0.1, -0.05) is 23.7 Å². The highest BCUT2D eigenvalue weighted by Gasteiger charge is 2.29. The summed E-state index contributed by atoms with van der Waals surface area (Å²) in [6.07, 6.45) is 2.47. The molecule has 3 heterocycles. The molecule has 0 radical (unpaired) electrons. The first-order chi connectivity index (χ1) is 13.5. The Morgan fingerprint density at radius 3 is 2.96 bits per heavy atom. The Kier molecular flexibility index (Phi) is 3.83. The lowest BCUT2D eigenvalue weighted by Gasteiger charge is -2.21. The summed E-state index contributed by atoms with van der Waals surface area (Å²) < 4.78 is 15.6. The maximum absolute atomic E-state index is 13.8. The third-order valence-corrected chi connectivity index (χ3v) is 5.34. The van der Waals surface area contributed by atoms with Gasteiger partial charge in [0, 0.05) is 11.7 Å². The van der Waals surface area contributed by atoms with Gasteiger partial charge in [-0.3, -0.25) is 4.79 Å². The third kappa shape index (κ3) is 2.72. The van der Waals surface area contributed by atoms with Crippen LogP contribution in [0.5, 0.6) is 0 Å². The van der Waals surface area contributed by atoms with E-state index in [9.17, 15) is 9.18 Å². The number of imidazole rings is 1. The smallest absolute Gasteiger partial charge is 0.312 e. The van der Waals surface area contributed by atoms with E-state index >= 15 is 0 Å². The summed E-state index contributed by atoms with van der Waals surface area (Å²) in [4.78, 5) is 27.6. The standard InChI is InChI=1S/C19H16ClFN6O/c1-9(24-17-15-16(23-8-22-15)25-19(21)26-17)13-7-10-3-2-4-12(20)14(10)18(28)27(13)11-5-6-11/h2-4,7-9,11H,5-6H2,1H3,(H2,22,23,24,25,26). The monoisotopic (exact) mass is 398 g/mol. The minimum Gasteiger partial charge on any atom is -0.360 e. The Balaban J connectivity index is 1.65. The van der Waals surface area contributed by atoms with Crippen LogP contribution in [0.15, 0.2) is 35.4 Å². The summed E-state index contributed by atoms with van der Waals surface area (Å²) in [6.45, 7) is 1.91. The number of pyridine rings is 1. The first-order valence-corrected chi connectivity index (χ1v) is 9.37. The average molecular weight is 399 g/mol. The van der Waals surface area contributed by atoms with Crippen LogP contribution in [0.1, 0.15) is 37.5 Å². The van der Waals surface area contributed by atoms with E-state index in [1.807, 2.05) is 25.1 Å². The molecular weight excluding hydrogens is 383 g/mol. The Bertz CT molecular complexity index is 1280. The van der Waals surface area contributed by atoms with Gasteiger partial charge in [0.25, 0.3) is 5.56 Å². The number of nitrogens with one attached hydrogen (secondary N) is 2. The van der Waals surface area contributed by atoms with E-state index in [1.54, 1.807) is 10.6 Å². The molecule has 4 aromatic rings. The average Bonchev–Trinajstić information content (AvgIpc) is 3.38. The van der Waals surface area contributed by atoms with Gasteiger partial charge in [0.05, 0.1) is 22.8 Å². The molecule has 1 atom stereocenters. The van der Waals surface area contributed by atoms with Gasteiger partial charge < -0.3 is 14.9 Å². The van der Waals surface area contributed by atoms with Crippen LogP contribution in [-0.4, -0.2) is 24.5 Å². The number of halogens is 2. The molecule has 1 fully saturated rings. The van der Waals surface area contributed by atoms with Crippen molar-refractivity contribution in [3.63, 3.8) is 0 Å². The van der Waals surface area contributed by atoms with Gasteiger partial charge >= 0.3 is 6.08 Å². The number of H-pyrrole nitrogens is 1. The van der Waals surface area contributed by atoms with Gasteiger partial charge in [-0.05, 0) is 37.3 Å². The number of fused-ring (bicyclic) bond motifs is 2. The molecule has 9 heteroatoms. The molecule has 1 aliphatic carbocycles. The predicted octanol–water partition coefficient (Wildman–Crippen LogP) is 3.97. The molecule has 5 rings (SSSR count). The zero-order valence-electron chi connectivity index (χ0n) is 14.9. The first-order valence-electron chi connectivity index (χ1n) is 8.99. The largest absolute Gasteiger partial charge is 0.360 e. The molecule has 28 heavy (non-hydrogen) atoms. The second-order valence-corrected chi connectivity index (χ2v) is 7.40. The Labute approximate surface area is 163 Å². The zero-order valence-corrected chi connectivity index (χ0v) is 15.7. The van der Waals surface area contributed by atoms with Crippen molar-refractivity contribution in [3.05, 3.63) is 57.7 Å². The number of anilines is 1. The lowest BCUT2D eigenvalue weighted by atomic mass is 10.1. The summed E-state index contributed by atoms with van der Waals surface area (Å²) in [5.74, 6) is 0.300. The van der Waals surface area contributed by atoms with Crippen LogP contribution in [0.3, 0.4) is 0 Å². The van der Waals surface area contributed by atoms with E-state index in [0.29, 0.717) is 21.7 Å². The zero-order chi connectivity index (χ0) is 19.4. The van der Waals surface area contributed by atoms with E-state index in [2.05, 4.69) is 25.3 Å². The molecule has 1 aliphatic rings. The molecule has 7 nitrogen and oxygen atoms in total. The molecule has 0 bridgehead atoms. The van der Waals surface area contributed by atoms with E-state index in [1.165, 1.54) is 6.33 Å². The topological polar surface area (TPSA) is 88.5 Å². The Hall–Kier alpha value is -3.00. The minimum atomic E-state index is -0.862. The van der Waals surface area contributed by atoms with E-state index < -0.39 is 6.08 Å². The van der Waals surface area contributed by atoms with E-state index in [-0.39, 0.29) is 23.3 Å². The second-order valence-electron chi connectivity index (χ2n) is 6.99. The number of hydrogen-bond acceptors (Lipinski definition) is 5. The molecule has 1 aromatic carbocycles. The van der Waals surface area contributed by atoms with Crippen molar-refractivity contribution in [2.45, 2.75) is 31.8 Å². The van der Waals surface area contributed by atoms with Crippen LogP contribution in [0.2, 0.25) is 5.02 Å².